The van der Waals surface area contributed by atoms with Crippen molar-refractivity contribution in [3.05, 3.63) is 22.2 Å². The molecule has 0 heterocycles. The van der Waals surface area contributed by atoms with Crippen molar-refractivity contribution in [1.82, 2.24) is 4.31 Å². The lowest BCUT2D eigenvalue weighted by atomic mass is 10.2. The number of sulfonamides is 1. The molecule has 1 aromatic rings. The van der Waals surface area contributed by atoms with Crippen LogP contribution in [0.3, 0.4) is 0 Å². The fraction of sp³-hybridized carbons (Fsp3) is 0.455. The van der Waals surface area contributed by atoms with Crippen molar-refractivity contribution in [3.63, 3.8) is 0 Å². The predicted molar refractivity (Wildman–Crippen MR) is 82.8 cm³/mol. The van der Waals surface area contributed by atoms with Crippen LogP contribution >= 0.6 is 15.9 Å². The highest BCUT2D eigenvalue weighted by atomic mass is 79.9. The highest BCUT2D eigenvalue weighted by Crippen LogP contribution is 2.28. The first-order valence-electron chi connectivity index (χ1n) is 5.65. The smallest absolute Gasteiger partial charge is 0.243 e. The summed E-state index contributed by atoms with van der Waals surface area (Å²) in [6.45, 7) is 1.51. The van der Waals surface area contributed by atoms with Gasteiger partial charge in [-0.1, -0.05) is 15.9 Å². The average molecular weight is 385 g/mol. The van der Waals surface area contributed by atoms with Gasteiger partial charge in [0.25, 0.3) is 0 Å². The van der Waals surface area contributed by atoms with Gasteiger partial charge in [-0.2, -0.15) is 4.31 Å². The van der Waals surface area contributed by atoms with Crippen LogP contribution in [-0.4, -0.2) is 46.7 Å². The lowest BCUT2D eigenvalue weighted by Gasteiger charge is -2.19. The largest absolute Gasteiger partial charge is 0.398 e. The quantitative estimate of drug-likeness (QED) is 0.763. The third-order valence-corrected chi connectivity index (χ3v) is 6.20. The van der Waals surface area contributed by atoms with Gasteiger partial charge in [-0.15, -0.1) is 0 Å². The number of rotatable bonds is 5. The van der Waals surface area contributed by atoms with E-state index in [1.165, 1.54) is 13.1 Å². The molecule has 0 saturated carbocycles. The molecule has 1 aromatic carbocycles. The molecule has 0 spiro atoms. The minimum atomic E-state index is -3.78. The number of nitrogen functional groups attached to an aromatic ring is 1. The van der Waals surface area contributed by atoms with Crippen molar-refractivity contribution in [2.24, 2.45) is 0 Å². The molecule has 0 aliphatic heterocycles. The molecule has 0 aliphatic carbocycles. The van der Waals surface area contributed by atoms with Gasteiger partial charge in [-0.25, -0.2) is 16.8 Å². The second-order valence-electron chi connectivity index (χ2n) is 4.57. The number of benzene rings is 1. The van der Waals surface area contributed by atoms with Crippen molar-refractivity contribution in [2.75, 3.05) is 31.3 Å². The SMILES string of the molecule is Cc1c(N)cc(Br)cc1S(=O)(=O)N(C)CCS(C)(=O)=O. The Bertz CT molecular complexity index is 714. The molecule has 0 bridgehead atoms. The van der Waals surface area contributed by atoms with Crippen LogP contribution in [0.2, 0.25) is 0 Å². The zero-order chi connectivity index (χ0) is 15.7. The average Bonchev–Trinajstić information content (AvgIpc) is 2.29. The van der Waals surface area contributed by atoms with Gasteiger partial charge in [0.05, 0.1) is 10.6 Å². The summed E-state index contributed by atoms with van der Waals surface area (Å²) < 4.78 is 48.7. The molecule has 2 N–H and O–H groups in total. The molecule has 9 heteroatoms. The molecule has 0 radical (unpaired) electrons. The number of nitrogens with zero attached hydrogens (tertiary/aromatic N) is 1. The topological polar surface area (TPSA) is 97.5 Å². The molecule has 0 fully saturated rings. The molecule has 114 valence electrons. The number of hydrogen-bond donors (Lipinski definition) is 1. The van der Waals surface area contributed by atoms with E-state index in [0.29, 0.717) is 15.7 Å². The Labute approximate surface area is 128 Å². The summed E-state index contributed by atoms with van der Waals surface area (Å²) in [5.74, 6) is -0.231. The molecular formula is C11H17BrN2O4S2. The predicted octanol–water partition coefficient (Wildman–Crippen LogP) is 1.00. The second-order valence-corrected chi connectivity index (χ2v) is 9.76. The molecule has 0 aromatic heterocycles. The van der Waals surface area contributed by atoms with E-state index in [4.69, 9.17) is 5.73 Å². The maximum atomic E-state index is 12.4. The Morgan fingerprint density at radius 1 is 1.25 bits per heavy atom. The van der Waals surface area contributed by atoms with Crippen molar-refractivity contribution >= 4 is 41.5 Å². The first kappa shape index (κ1) is 17.4. The summed E-state index contributed by atoms with van der Waals surface area (Å²) in [5.41, 5.74) is 6.55. The van der Waals surface area contributed by atoms with E-state index < -0.39 is 19.9 Å². The van der Waals surface area contributed by atoms with Gasteiger partial charge in [-0.3, -0.25) is 0 Å². The van der Waals surface area contributed by atoms with Crippen molar-refractivity contribution in [2.45, 2.75) is 11.8 Å². The minimum Gasteiger partial charge on any atom is -0.398 e. The lowest BCUT2D eigenvalue weighted by molar-refractivity contribution is 0.484. The second kappa shape index (κ2) is 6.00. The van der Waals surface area contributed by atoms with Crippen molar-refractivity contribution < 1.29 is 16.8 Å². The van der Waals surface area contributed by atoms with E-state index in [2.05, 4.69) is 15.9 Å². The molecule has 0 saturated heterocycles. The first-order chi connectivity index (χ1) is 8.95. The Balaban J connectivity index is 3.17. The van der Waals surface area contributed by atoms with Crippen LogP contribution in [0.4, 0.5) is 5.69 Å². The van der Waals surface area contributed by atoms with E-state index in [9.17, 15) is 16.8 Å². The van der Waals surface area contributed by atoms with Gasteiger partial charge in [0.2, 0.25) is 10.0 Å². The highest BCUT2D eigenvalue weighted by molar-refractivity contribution is 9.10. The summed E-state index contributed by atoms with van der Waals surface area (Å²) in [4.78, 5) is 0.0698. The van der Waals surface area contributed by atoms with E-state index in [-0.39, 0.29) is 17.2 Å². The van der Waals surface area contributed by atoms with E-state index in [1.54, 1.807) is 13.0 Å². The monoisotopic (exact) mass is 384 g/mol. The van der Waals surface area contributed by atoms with Gasteiger partial charge < -0.3 is 5.73 Å². The van der Waals surface area contributed by atoms with Gasteiger partial charge in [0.15, 0.2) is 0 Å². The molecule has 6 nitrogen and oxygen atoms in total. The molecule has 20 heavy (non-hydrogen) atoms. The summed E-state index contributed by atoms with van der Waals surface area (Å²) in [7, 11) is -5.66. The third-order valence-electron chi connectivity index (χ3n) is 2.83. The number of halogens is 1. The number of sulfone groups is 1. The Morgan fingerprint density at radius 2 is 1.80 bits per heavy atom. The van der Waals surface area contributed by atoms with Gasteiger partial charge >= 0.3 is 0 Å². The van der Waals surface area contributed by atoms with Crippen LogP contribution in [0, 0.1) is 6.92 Å². The lowest BCUT2D eigenvalue weighted by Crippen LogP contribution is -2.32. The molecule has 0 atom stereocenters. The normalized spacial score (nSPS) is 12.8. The van der Waals surface area contributed by atoms with Gasteiger partial charge in [-0.05, 0) is 24.6 Å². The molecule has 1 rings (SSSR count). The standard InChI is InChI=1S/C11H17BrN2O4S2/c1-8-10(13)6-9(12)7-11(8)20(17,18)14(2)4-5-19(3,15)16/h6-7H,4-5,13H2,1-3H3. The van der Waals surface area contributed by atoms with E-state index in [1.807, 2.05) is 0 Å². The molecule has 0 unspecified atom stereocenters. The molecular weight excluding hydrogens is 368 g/mol. The highest BCUT2D eigenvalue weighted by Gasteiger charge is 2.24. The summed E-state index contributed by atoms with van der Waals surface area (Å²) in [6.07, 6.45) is 1.07. The summed E-state index contributed by atoms with van der Waals surface area (Å²) in [6, 6.07) is 3.07. The van der Waals surface area contributed by atoms with Crippen LogP contribution in [0.1, 0.15) is 5.56 Å². The van der Waals surface area contributed by atoms with Gasteiger partial charge in [0, 0.05) is 30.0 Å². The zero-order valence-electron chi connectivity index (χ0n) is 11.4. The summed E-state index contributed by atoms with van der Waals surface area (Å²) >= 11 is 3.20. The molecule has 0 aliphatic rings. The summed E-state index contributed by atoms with van der Waals surface area (Å²) in [5, 5.41) is 0. The minimum absolute atomic E-state index is 0.0698. The Hall–Kier alpha value is -0.640. The van der Waals surface area contributed by atoms with Gasteiger partial charge in [0.1, 0.15) is 9.84 Å². The number of nitrogens with two attached hydrogens (primary N) is 1. The maximum Gasteiger partial charge on any atom is 0.243 e. The number of hydrogen-bond acceptors (Lipinski definition) is 5. The van der Waals surface area contributed by atoms with Crippen LogP contribution in [0.25, 0.3) is 0 Å². The maximum absolute atomic E-state index is 12.4. The van der Waals surface area contributed by atoms with E-state index >= 15 is 0 Å². The molecule has 0 amide bonds. The number of anilines is 1. The Kier molecular flexibility index (Phi) is 5.23. The third kappa shape index (κ3) is 4.18. The van der Waals surface area contributed by atoms with Crippen molar-refractivity contribution in [3.8, 4) is 0 Å². The van der Waals surface area contributed by atoms with Crippen molar-refractivity contribution in [1.29, 1.82) is 0 Å². The van der Waals surface area contributed by atoms with E-state index in [0.717, 1.165) is 10.6 Å². The van der Waals surface area contributed by atoms with Crippen LogP contribution in [-0.2, 0) is 19.9 Å². The van der Waals surface area contributed by atoms with Crippen LogP contribution < -0.4 is 5.73 Å². The first-order valence-corrected chi connectivity index (χ1v) is 9.94. The Morgan fingerprint density at radius 3 is 2.30 bits per heavy atom. The van der Waals surface area contributed by atoms with Crippen LogP contribution in [0.5, 0.6) is 0 Å². The fourth-order valence-corrected chi connectivity index (χ4v) is 4.32. The fourth-order valence-electron chi connectivity index (χ4n) is 1.52. The van der Waals surface area contributed by atoms with Crippen LogP contribution in [0.15, 0.2) is 21.5 Å². The zero-order valence-corrected chi connectivity index (χ0v) is 14.6.